The molecule has 0 bridgehead atoms. The van der Waals surface area contributed by atoms with Crippen LogP contribution in [-0.2, 0) is 4.79 Å². The average molecular weight is 346 g/mol. The molecule has 0 saturated heterocycles. The van der Waals surface area contributed by atoms with Gasteiger partial charge in [-0.3, -0.25) is 4.79 Å². The van der Waals surface area contributed by atoms with Crippen molar-refractivity contribution in [3.63, 3.8) is 0 Å². The number of carbonyl (C=O) groups is 1. The lowest BCUT2D eigenvalue weighted by molar-refractivity contribution is -0.131. The fraction of sp³-hybridized carbons (Fsp3) is 0.762. The number of hydrogen-bond donors (Lipinski definition) is 3. The second kappa shape index (κ2) is 5.77. The maximum Gasteiger partial charge on any atom is 0.161 e. The van der Waals surface area contributed by atoms with Crippen LogP contribution in [-0.4, -0.2) is 39.9 Å². The standard InChI is InChI=1S/C21H30O4/c1-20-8-7-13(23)9-12(20)3-4-14-15-5-6-16(18(25)11-22)21(15,2)10-17(24)19(14)20/h3-4,13,15-17,19,22-24H,5-11H2,1-2H3/t13-,15-,16+,17-,19+,20-,21-/m0/s1. The molecule has 0 spiro atoms. The SMILES string of the molecule is C[C@]12C[C@H](O)[C@H]3C(=CC=C4C[C@@H](O)CC[C@@]43C)[C@@H]1CC[C@@H]2C(=O)CO. The van der Waals surface area contributed by atoms with Gasteiger partial charge in [-0.15, -0.1) is 0 Å². The van der Waals surface area contributed by atoms with Crippen molar-refractivity contribution in [3.05, 3.63) is 23.3 Å². The van der Waals surface area contributed by atoms with Crippen molar-refractivity contribution in [1.29, 1.82) is 0 Å². The largest absolute Gasteiger partial charge is 0.393 e. The van der Waals surface area contributed by atoms with Crippen LogP contribution in [0.4, 0.5) is 0 Å². The molecule has 0 aromatic carbocycles. The topological polar surface area (TPSA) is 77.8 Å². The molecule has 3 fully saturated rings. The molecule has 3 saturated carbocycles. The van der Waals surface area contributed by atoms with Crippen LogP contribution in [0.5, 0.6) is 0 Å². The summed E-state index contributed by atoms with van der Waals surface area (Å²) in [4.78, 5) is 12.3. The fourth-order valence-electron chi connectivity index (χ4n) is 6.75. The highest BCUT2D eigenvalue weighted by Crippen LogP contribution is 2.64. The van der Waals surface area contributed by atoms with E-state index in [0.29, 0.717) is 18.8 Å². The van der Waals surface area contributed by atoms with Crippen molar-refractivity contribution >= 4 is 5.78 Å². The Morgan fingerprint density at radius 2 is 1.96 bits per heavy atom. The van der Waals surface area contributed by atoms with Gasteiger partial charge in [0.15, 0.2) is 5.78 Å². The first-order valence-electron chi connectivity index (χ1n) is 9.72. The van der Waals surface area contributed by atoms with Crippen LogP contribution in [0.1, 0.15) is 52.4 Å². The highest BCUT2D eigenvalue weighted by molar-refractivity contribution is 5.83. The van der Waals surface area contributed by atoms with Gasteiger partial charge in [-0.2, -0.15) is 0 Å². The Balaban J connectivity index is 1.74. The minimum atomic E-state index is -0.469. The molecule has 0 radical (unpaired) electrons. The van der Waals surface area contributed by atoms with Gasteiger partial charge >= 0.3 is 0 Å². The summed E-state index contributed by atoms with van der Waals surface area (Å²) in [7, 11) is 0. The van der Waals surface area contributed by atoms with Gasteiger partial charge < -0.3 is 15.3 Å². The molecule has 4 aliphatic carbocycles. The molecular weight excluding hydrogens is 316 g/mol. The van der Waals surface area contributed by atoms with Gasteiger partial charge in [-0.1, -0.05) is 37.1 Å². The van der Waals surface area contributed by atoms with E-state index in [9.17, 15) is 20.1 Å². The highest BCUT2D eigenvalue weighted by atomic mass is 16.3. The molecule has 4 heteroatoms. The van der Waals surface area contributed by atoms with Crippen LogP contribution in [0.2, 0.25) is 0 Å². The van der Waals surface area contributed by atoms with E-state index >= 15 is 0 Å². The first-order chi connectivity index (χ1) is 11.8. The molecule has 0 aliphatic heterocycles. The number of aliphatic hydroxyl groups excluding tert-OH is 3. The number of Topliss-reactive ketones (excluding diaryl/α,β-unsaturated/α-hetero) is 1. The molecule has 4 nitrogen and oxygen atoms in total. The zero-order chi connectivity index (χ0) is 18.0. The third kappa shape index (κ3) is 2.34. The number of fused-ring (bicyclic) bond motifs is 5. The summed E-state index contributed by atoms with van der Waals surface area (Å²) in [6.07, 6.45) is 8.41. The molecule has 0 unspecified atom stereocenters. The summed E-state index contributed by atoms with van der Waals surface area (Å²) in [6.45, 7) is 3.99. The lowest BCUT2D eigenvalue weighted by Crippen LogP contribution is -2.53. The van der Waals surface area contributed by atoms with E-state index in [1.165, 1.54) is 11.1 Å². The summed E-state index contributed by atoms with van der Waals surface area (Å²) in [5, 5.41) is 30.6. The average Bonchev–Trinajstić information content (AvgIpc) is 2.91. The van der Waals surface area contributed by atoms with Gasteiger partial charge in [0.25, 0.3) is 0 Å². The van der Waals surface area contributed by atoms with E-state index < -0.39 is 12.7 Å². The molecule has 0 aromatic heterocycles. The Hall–Kier alpha value is -0.970. The van der Waals surface area contributed by atoms with Crippen LogP contribution in [0.3, 0.4) is 0 Å². The first kappa shape index (κ1) is 17.4. The van der Waals surface area contributed by atoms with Crippen molar-refractivity contribution in [1.82, 2.24) is 0 Å². The molecule has 7 atom stereocenters. The Kier molecular flexibility index (Phi) is 4.02. The fourth-order valence-corrected chi connectivity index (χ4v) is 6.75. The predicted octanol–water partition coefficient (Wildman–Crippen LogP) is 2.38. The van der Waals surface area contributed by atoms with E-state index in [2.05, 4.69) is 26.0 Å². The minimum Gasteiger partial charge on any atom is -0.393 e. The van der Waals surface area contributed by atoms with Gasteiger partial charge in [0.05, 0.1) is 12.2 Å². The predicted molar refractivity (Wildman–Crippen MR) is 94.7 cm³/mol. The van der Waals surface area contributed by atoms with E-state index in [1.807, 2.05) is 0 Å². The second-order valence-corrected chi connectivity index (χ2v) is 9.23. The normalized spacial score (nSPS) is 48.8. The zero-order valence-corrected chi connectivity index (χ0v) is 15.2. The molecule has 0 aromatic rings. The molecule has 25 heavy (non-hydrogen) atoms. The Bertz CT molecular complexity index is 650. The lowest BCUT2D eigenvalue weighted by atomic mass is 9.49. The van der Waals surface area contributed by atoms with Crippen LogP contribution >= 0.6 is 0 Å². The smallest absolute Gasteiger partial charge is 0.161 e. The van der Waals surface area contributed by atoms with Crippen LogP contribution in [0.15, 0.2) is 23.3 Å². The van der Waals surface area contributed by atoms with Gasteiger partial charge in [0, 0.05) is 11.8 Å². The van der Waals surface area contributed by atoms with Crippen molar-refractivity contribution < 1.29 is 20.1 Å². The number of ketones is 1. The number of hydrogen-bond acceptors (Lipinski definition) is 4. The molecule has 0 amide bonds. The van der Waals surface area contributed by atoms with Crippen molar-refractivity contribution in [2.45, 2.75) is 64.6 Å². The molecule has 4 rings (SSSR count). The molecular formula is C21H30O4. The zero-order valence-electron chi connectivity index (χ0n) is 15.2. The van der Waals surface area contributed by atoms with Gasteiger partial charge in [-0.05, 0) is 55.3 Å². The summed E-state index contributed by atoms with van der Waals surface area (Å²) in [6, 6.07) is 0. The number of allylic oxidation sites excluding steroid dienone is 2. The van der Waals surface area contributed by atoms with Gasteiger partial charge in [0.1, 0.15) is 6.61 Å². The summed E-state index contributed by atoms with van der Waals surface area (Å²) >= 11 is 0. The lowest BCUT2D eigenvalue weighted by Gasteiger charge is -2.56. The van der Waals surface area contributed by atoms with Crippen LogP contribution in [0, 0.1) is 28.6 Å². The number of rotatable bonds is 2. The van der Waals surface area contributed by atoms with Gasteiger partial charge in [0.2, 0.25) is 0 Å². The maximum atomic E-state index is 12.3. The van der Waals surface area contributed by atoms with E-state index in [1.54, 1.807) is 0 Å². The molecule has 4 aliphatic rings. The first-order valence-corrected chi connectivity index (χ1v) is 9.72. The van der Waals surface area contributed by atoms with E-state index in [0.717, 1.165) is 25.7 Å². The Morgan fingerprint density at radius 1 is 1.20 bits per heavy atom. The van der Waals surface area contributed by atoms with Crippen LogP contribution in [0.25, 0.3) is 0 Å². The summed E-state index contributed by atoms with van der Waals surface area (Å²) in [5.74, 6) is 0.185. The van der Waals surface area contributed by atoms with Crippen LogP contribution < -0.4 is 0 Å². The third-order valence-corrected chi connectivity index (χ3v) is 8.03. The number of aliphatic hydroxyl groups is 3. The van der Waals surface area contributed by atoms with E-state index in [-0.39, 0.29) is 34.6 Å². The van der Waals surface area contributed by atoms with Gasteiger partial charge in [-0.25, -0.2) is 0 Å². The monoisotopic (exact) mass is 346 g/mol. The summed E-state index contributed by atoms with van der Waals surface area (Å²) < 4.78 is 0. The number of carbonyl (C=O) groups excluding carboxylic acids is 1. The maximum absolute atomic E-state index is 12.3. The van der Waals surface area contributed by atoms with E-state index in [4.69, 9.17) is 0 Å². The molecule has 0 heterocycles. The third-order valence-electron chi connectivity index (χ3n) is 8.03. The Labute approximate surface area is 149 Å². The van der Waals surface area contributed by atoms with Crippen molar-refractivity contribution in [2.75, 3.05) is 6.61 Å². The second-order valence-electron chi connectivity index (χ2n) is 9.23. The van der Waals surface area contributed by atoms with Crippen molar-refractivity contribution in [2.24, 2.45) is 28.6 Å². The highest BCUT2D eigenvalue weighted by Gasteiger charge is 2.60. The Morgan fingerprint density at radius 3 is 2.68 bits per heavy atom. The molecule has 138 valence electrons. The summed E-state index contributed by atoms with van der Waals surface area (Å²) in [5.41, 5.74) is 2.24. The molecule has 3 N–H and O–H groups in total. The van der Waals surface area contributed by atoms with Crippen molar-refractivity contribution in [3.8, 4) is 0 Å². The quantitative estimate of drug-likeness (QED) is 0.717. The minimum absolute atomic E-state index is 0.0738.